The van der Waals surface area contributed by atoms with Gasteiger partial charge >= 0.3 is 0 Å². The molecule has 0 spiro atoms. The van der Waals surface area contributed by atoms with Gasteiger partial charge in [-0.2, -0.15) is 0 Å². The predicted molar refractivity (Wildman–Crippen MR) is 76.8 cm³/mol. The highest BCUT2D eigenvalue weighted by molar-refractivity contribution is 4.69. The maximum absolute atomic E-state index is 9.93. The summed E-state index contributed by atoms with van der Waals surface area (Å²) in [5.41, 5.74) is 0. The fourth-order valence-corrected chi connectivity index (χ4v) is 2.79. The topological polar surface area (TPSA) is 29.5 Å². The molecular weight excluding hydrogens is 224 g/mol. The second-order valence-electron chi connectivity index (χ2n) is 5.88. The van der Waals surface area contributed by atoms with Crippen LogP contribution >= 0.6 is 0 Å². The molecule has 108 valence electrons. The van der Waals surface area contributed by atoms with Crippen LogP contribution in [-0.4, -0.2) is 24.4 Å². The lowest BCUT2D eigenvalue weighted by Crippen LogP contribution is -2.13. The summed E-state index contributed by atoms with van der Waals surface area (Å²) in [4.78, 5) is 0. The molecule has 2 unspecified atom stereocenters. The van der Waals surface area contributed by atoms with Gasteiger partial charge in [0.15, 0.2) is 0 Å². The third-order valence-electron chi connectivity index (χ3n) is 4.02. The molecule has 0 aliphatic carbocycles. The van der Waals surface area contributed by atoms with Gasteiger partial charge in [-0.05, 0) is 25.2 Å². The van der Waals surface area contributed by atoms with Gasteiger partial charge in [-0.25, -0.2) is 0 Å². The monoisotopic (exact) mass is 256 g/mol. The first-order valence-electron chi connectivity index (χ1n) is 8.08. The van der Waals surface area contributed by atoms with Crippen LogP contribution in [0.2, 0.25) is 0 Å². The number of hydrogen-bond donors (Lipinski definition) is 1. The number of unbranched alkanes of at least 4 members (excludes halogenated alkanes) is 7. The second kappa shape index (κ2) is 10.8. The van der Waals surface area contributed by atoms with Gasteiger partial charge in [0, 0.05) is 13.2 Å². The van der Waals surface area contributed by atoms with E-state index in [9.17, 15) is 5.11 Å². The van der Waals surface area contributed by atoms with Gasteiger partial charge < -0.3 is 9.84 Å². The fraction of sp³-hybridized carbons (Fsp3) is 1.00. The molecule has 1 aliphatic rings. The molecule has 1 rings (SSSR count). The average Bonchev–Trinajstić information content (AvgIpc) is 2.85. The standard InChI is InChI=1S/C16H32O2/c1-2-3-4-5-6-7-8-9-10-16(17)13-15-11-12-18-14-15/h15-17H,2-14H2,1H3. The van der Waals surface area contributed by atoms with Crippen molar-refractivity contribution >= 4 is 0 Å². The van der Waals surface area contributed by atoms with E-state index in [1.807, 2.05) is 0 Å². The predicted octanol–water partition coefficient (Wildman–Crippen LogP) is 4.30. The minimum absolute atomic E-state index is 0.0863. The summed E-state index contributed by atoms with van der Waals surface area (Å²) in [6.07, 6.45) is 13.8. The zero-order valence-corrected chi connectivity index (χ0v) is 12.2. The second-order valence-corrected chi connectivity index (χ2v) is 5.88. The van der Waals surface area contributed by atoms with Crippen molar-refractivity contribution in [2.24, 2.45) is 5.92 Å². The molecule has 0 bridgehead atoms. The Bertz CT molecular complexity index is 176. The van der Waals surface area contributed by atoms with Crippen LogP contribution in [0.25, 0.3) is 0 Å². The molecule has 2 heteroatoms. The third kappa shape index (κ3) is 8.10. The van der Waals surface area contributed by atoms with Crippen LogP contribution < -0.4 is 0 Å². The maximum Gasteiger partial charge on any atom is 0.0543 e. The van der Waals surface area contributed by atoms with Crippen molar-refractivity contribution in [3.8, 4) is 0 Å². The summed E-state index contributed by atoms with van der Waals surface area (Å²) in [5.74, 6) is 0.619. The average molecular weight is 256 g/mol. The highest BCUT2D eigenvalue weighted by atomic mass is 16.5. The van der Waals surface area contributed by atoms with Crippen molar-refractivity contribution < 1.29 is 9.84 Å². The van der Waals surface area contributed by atoms with Crippen LogP contribution in [-0.2, 0) is 4.74 Å². The van der Waals surface area contributed by atoms with Crippen molar-refractivity contribution in [1.29, 1.82) is 0 Å². The van der Waals surface area contributed by atoms with Crippen molar-refractivity contribution in [3.63, 3.8) is 0 Å². The van der Waals surface area contributed by atoms with Gasteiger partial charge in [0.05, 0.1) is 6.10 Å². The zero-order valence-electron chi connectivity index (χ0n) is 12.2. The lowest BCUT2D eigenvalue weighted by Gasteiger charge is -2.14. The summed E-state index contributed by atoms with van der Waals surface area (Å²) in [6.45, 7) is 4.03. The van der Waals surface area contributed by atoms with E-state index >= 15 is 0 Å². The van der Waals surface area contributed by atoms with E-state index in [0.29, 0.717) is 5.92 Å². The van der Waals surface area contributed by atoms with E-state index < -0.39 is 0 Å². The van der Waals surface area contributed by atoms with E-state index in [1.54, 1.807) is 0 Å². The quantitative estimate of drug-likeness (QED) is 0.558. The molecule has 2 atom stereocenters. The minimum atomic E-state index is -0.0863. The van der Waals surface area contributed by atoms with E-state index in [2.05, 4.69) is 6.92 Å². The number of hydrogen-bond acceptors (Lipinski definition) is 2. The Labute approximate surface area is 113 Å². The Kier molecular flexibility index (Phi) is 9.59. The minimum Gasteiger partial charge on any atom is -0.393 e. The molecule has 2 nitrogen and oxygen atoms in total. The highest BCUT2D eigenvalue weighted by Crippen LogP contribution is 2.20. The Morgan fingerprint density at radius 2 is 1.72 bits per heavy atom. The molecule has 18 heavy (non-hydrogen) atoms. The van der Waals surface area contributed by atoms with Crippen LogP contribution in [0.4, 0.5) is 0 Å². The largest absolute Gasteiger partial charge is 0.393 e. The Hall–Kier alpha value is -0.0800. The van der Waals surface area contributed by atoms with Crippen LogP contribution in [0.3, 0.4) is 0 Å². The normalized spacial score (nSPS) is 21.3. The van der Waals surface area contributed by atoms with Crippen molar-refractivity contribution in [2.45, 2.75) is 83.7 Å². The van der Waals surface area contributed by atoms with E-state index in [1.165, 1.54) is 51.4 Å². The molecule has 0 radical (unpaired) electrons. The zero-order chi connectivity index (χ0) is 13.1. The third-order valence-corrected chi connectivity index (χ3v) is 4.02. The molecule has 0 saturated carbocycles. The van der Waals surface area contributed by atoms with Crippen LogP contribution in [0, 0.1) is 5.92 Å². The van der Waals surface area contributed by atoms with Gasteiger partial charge in [0.25, 0.3) is 0 Å². The molecule has 1 N–H and O–H groups in total. The van der Waals surface area contributed by atoms with Gasteiger partial charge in [-0.3, -0.25) is 0 Å². The number of rotatable bonds is 11. The van der Waals surface area contributed by atoms with Crippen molar-refractivity contribution in [2.75, 3.05) is 13.2 Å². The Balaban J connectivity index is 1.81. The fourth-order valence-electron chi connectivity index (χ4n) is 2.79. The summed E-state index contributed by atoms with van der Waals surface area (Å²) >= 11 is 0. The number of aliphatic hydroxyl groups excluding tert-OH is 1. The van der Waals surface area contributed by atoms with Crippen molar-refractivity contribution in [3.05, 3.63) is 0 Å². The maximum atomic E-state index is 9.93. The van der Waals surface area contributed by atoms with E-state index in [4.69, 9.17) is 4.74 Å². The summed E-state index contributed by atoms with van der Waals surface area (Å²) < 4.78 is 5.34. The summed E-state index contributed by atoms with van der Waals surface area (Å²) in [7, 11) is 0. The highest BCUT2D eigenvalue weighted by Gasteiger charge is 2.18. The van der Waals surface area contributed by atoms with Gasteiger partial charge in [0.1, 0.15) is 0 Å². The summed E-state index contributed by atoms with van der Waals surface area (Å²) in [5, 5.41) is 9.93. The molecule has 0 aromatic carbocycles. The lowest BCUT2D eigenvalue weighted by atomic mass is 9.97. The smallest absolute Gasteiger partial charge is 0.0543 e. The first kappa shape index (κ1) is 16.0. The molecule has 0 aromatic rings. The molecule has 0 aromatic heterocycles. The summed E-state index contributed by atoms with van der Waals surface area (Å²) in [6, 6.07) is 0. The van der Waals surface area contributed by atoms with Gasteiger partial charge in [-0.15, -0.1) is 0 Å². The first-order valence-corrected chi connectivity index (χ1v) is 8.08. The van der Waals surface area contributed by atoms with Crippen molar-refractivity contribution in [1.82, 2.24) is 0 Å². The van der Waals surface area contributed by atoms with Gasteiger partial charge in [0.2, 0.25) is 0 Å². The number of aliphatic hydroxyl groups is 1. The van der Waals surface area contributed by atoms with Crippen LogP contribution in [0.15, 0.2) is 0 Å². The molecule has 0 amide bonds. The molecule has 1 fully saturated rings. The Morgan fingerprint density at radius 3 is 2.33 bits per heavy atom. The number of ether oxygens (including phenoxy) is 1. The Morgan fingerprint density at radius 1 is 1.06 bits per heavy atom. The molecule has 1 heterocycles. The SMILES string of the molecule is CCCCCCCCCCC(O)CC1CCOC1. The van der Waals surface area contributed by atoms with E-state index in [0.717, 1.165) is 32.5 Å². The lowest BCUT2D eigenvalue weighted by molar-refractivity contribution is 0.119. The molecule has 1 aliphatic heterocycles. The molecule has 1 saturated heterocycles. The van der Waals surface area contributed by atoms with Gasteiger partial charge in [-0.1, -0.05) is 58.3 Å². The first-order chi connectivity index (χ1) is 8.83. The van der Waals surface area contributed by atoms with E-state index in [-0.39, 0.29) is 6.10 Å². The molecular formula is C16H32O2. The van der Waals surface area contributed by atoms with Crippen LogP contribution in [0.1, 0.15) is 77.6 Å². The van der Waals surface area contributed by atoms with Crippen LogP contribution in [0.5, 0.6) is 0 Å².